The van der Waals surface area contributed by atoms with Crippen LogP contribution in [0.4, 0.5) is 21.9 Å². The minimum Gasteiger partial charge on any atom is -0.444 e. The summed E-state index contributed by atoms with van der Waals surface area (Å²) in [5.41, 5.74) is 2.50. The van der Waals surface area contributed by atoms with E-state index in [1.807, 2.05) is 16.7 Å². The molecule has 3 saturated heterocycles. The van der Waals surface area contributed by atoms with Gasteiger partial charge in [-0.25, -0.2) is 14.4 Å². The van der Waals surface area contributed by atoms with Crippen molar-refractivity contribution in [3.05, 3.63) is 76.7 Å². The SMILES string of the molecule is Cc1cc(-c2nc(C(=O)Nc3cc4oc(N5CCN(Cc6cc(F)c7c(c6)C(=O)N(C6CCC(=O)NC6=O)C7=O)CC5)nc4nc3N3CC[C@@H](O)C3)co2)ccn1. The van der Waals surface area contributed by atoms with Crippen molar-refractivity contribution in [2.75, 3.05) is 54.4 Å². The number of hydrogen-bond acceptors (Lipinski definition) is 15. The van der Waals surface area contributed by atoms with Gasteiger partial charge in [-0.2, -0.15) is 4.98 Å². The second-order valence-corrected chi connectivity index (χ2v) is 14.5. The Labute approximate surface area is 322 Å². The van der Waals surface area contributed by atoms with Crippen LogP contribution < -0.4 is 20.4 Å². The molecule has 0 saturated carbocycles. The zero-order valence-corrected chi connectivity index (χ0v) is 30.5. The van der Waals surface area contributed by atoms with Crippen LogP contribution in [0.1, 0.15) is 61.7 Å². The summed E-state index contributed by atoms with van der Waals surface area (Å²) in [5, 5.41) is 15.3. The topological polar surface area (TPSA) is 220 Å². The van der Waals surface area contributed by atoms with E-state index in [4.69, 9.17) is 13.8 Å². The highest BCUT2D eigenvalue weighted by molar-refractivity contribution is 6.23. The number of aliphatic hydroxyl groups is 1. The molecular formula is C38H35FN10O8. The van der Waals surface area contributed by atoms with E-state index < -0.39 is 47.5 Å². The molecule has 4 aromatic heterocycles. The fourth-order valence-electron chi connectivity index (χ4n) is 7.67. The molecule has 57 heavy (non-hydrogen) atoms. The van der Waals surface area contributed by atoms with Crippen LogP contribution in [0.5, 0.6) is 0 Å². The molecule has 4 aliphatic heterocycles. The van der Waals surface area contributed by atoms with Crippen molar-refractivity contribution in [1.82, 2.24) is 35.1 Å². The van der Waals surface area contributed by atoms with Crippen molar-refractivity contribution in [2.24, 2.45) is 0 Å². The summed E-state index contributed by atoms with van der Waals surface area (Å²) in [7, 11) is 0. The number of rotatable bonds is 8. The van der Waals surface area contributed by atoms with Gasteiger partial charge in [0.1, 0.15) is 18.1 Å². The van der Waals surface area contributed by atoms with Gasteiger partial charge >= 0.3 is 0 Å². The number of fused-ring (bicyclic) bond motifs is 2. The van der Waals surface area contributed by atoms with Crippen LogP contribution in [0.2, 0.25) is 0 Å². The number of aliphatic hydroxyl groups excluding tert-OH is 1. The summed E-state index contributed by atoms with van der Waals surface area (Å²) in [6.07, 6.45) is 2.83. The molecule has 9 rings (SSSR count). The minimum absolute atomic E-state index is 0.0229. The average Bonchev–Trinajstić information content (AvgIpc) is 3.99. The van der Waals surface area contributed by atoms with Gasteiger partial charge in [0, 0.05) is 75.8 Å². The first kappa shape index (κ1) is 36.1. The first-order chi connectivity index (χ1) is 27.5. The van der Waals surface area contributed by atoms with Gasteiger partial charge in [0.05, 0.1) is 22.9 Å². The predicted octanol–water partition coefficient (Wildman–Crippen LogP) is 2.27. The third kappa shape index (κ3) is 6.73. The highest BCUT2D eigenvalue weighted by Gasteiger charge is 2.46. The maximum atomic E-state index is 15.4. The molecule has 292 valence electrons. The molecule has 18 nitrogen and oxygen atoms in total. The third-order valence-electron chi connectivity index (χ3n) is 10.5. The predicted molar refractivity (Wildman–Crippen MR) is 198 cm³/mol. The summed E-state index contributed by atoms with van der Waals surface area (Å²) in [4.78, 5) is 88.5. The molecule has 4 aliphatic rings. The van der Waals surface area contributed by atoms with E-state index in [1.54, 1.807) is 24.4 Å². The zero-order chi connectivity index (χ0) is 39.5. The molecule has 19 heteroatoms. The van der Waals surface area contributed by atoms with Gasteiger partial charge in [0.2, 0.25) is 23.4 Å². The van der Waals surface area contributed by atoms with Crippen molar-refractivity contribution < 1.29 is 42.3 Å². The first-order valence-corrected chi connectivity index (χ1v) is 18.4. The molecule has 0 radical (unpaired) electrons. The number of β-amino-alcohol motifs (C(OH)–C–C–N with tert-alkyl or cyclic N) is 1. The Morgan fingerprint density at radius 1 is 1.00 bits per heavy atom. The van der Waals surface area contributed by atoms with Crippen LogP contribution in [0, 0.1) is 12.7 Å². The van der Waals surface area contributed by atoms with Crippen molar-refractivity contribution in [3.63, 3.8) is 0 Å². The van der Waals surface area contributed by atoms with E-state index in [2.05, 4.69) is 30.5 Å². The number of nitrogens with one attached hydrogen (secondary N) is 2. The van der Waals surface area contributed by atoms with Crippen molar-refractivity contribution in [1.29, 1.82) is 0 Å². The number of aryl methyl sites for hydroxylation is 1. The highest BCUT2D eigenvalue weighted by atomic mass is 19.1. The molecule has 1 aromatic carbocycles. The normalized spacial score (nSPS) is 20.2. The average molecular weight is 779 g/mol. The lowest BCUT2D eigenvalue weighted by molar-refractivity contribution is -0.136. The highest BCUT2D eigenvalue weighted by Crippen LogP contribution is 2.34. The number of piperidine rings is 1. The number of pyridine rings is 2. The number of hydrogen-bond donors (Lipinski definition) is 3. The standard InChI is InChI=1S/C38H35FN10O8/c1-19-12-21(4-6-40-19)35-42-26(18-56-35)33(52)41-25-15-28-31(44-32(25)48-7-5-22(50)17-48)45-38(57-28)47-10-8-46(9-11-47)16-20-13-23-30(24(39)14-20)37(55)49(36(23)54)27-2-3-29(51)43-34(27)53/h4,6,12-15,18,22,27,50H,2-3,5,7-11,16-17H2,1H3,(H,41,52)(H,43,51,53)/t22-,27?/m1/s1. The summed E-state index contributed by atoms with van der Waals surface area (Å²) in [5.74, 6) is -3.60. The largest absolute Gasteiger partial charge is 0.444 e. The lowest BCUT2D eigenvalue weighted by Crippen LogP contribution is -2.54. The fourth-order valence-corrected chi connectivity index (χ4v) is 7.67. The number of nitrogens with zero attached hydrogens (tertiary/aromatic N) is 8. The van der Waals surface area contributed by atoms with Gasteiger partial charge in [-0.15, -0.1) is 0 Å². The van der Waals surface area contributed by atoms with Crippen LogP contribution in [-0.4, -0.2) is 116 Å². The Balaban J connectivity index is 0.892. The molecule has 1 unspecified atom stereocenters. The number of anilines is 3. The molecule has 5 amide bonds. The van der Waals surface area contributed by atoms with Gasteiger partial charge < -0.3 is 29.1 Å². The first-order valence-electron chi connectivity index (χ1n) is 18.4. The minimum atomic E-state index is -1.19. The number of carbonyl (C=O) groups is 5. The second-order valence-electron chi connectivity index (χ2n) is 14.5. The van der Waals surface area contributed by atoms with E-state index in [1.165, 1.54) is 18.4 Å². The Morgan fingerprint density at radius 3 is 2.58 bits per heavy atom. The smallest absolute Gasteiger partial charge is 0.300 e. The van der Waals surface area contributed by atoms with E-state index in [0.717, 1.165) is 10.6 Å². The van der Waals surface area contributed by atoms with Crippen LogP contribution in [-0.2, 0) is 16.1 Å². The maximum Gasteiger partial charge on any atom is 0.300 e. The summed E-state index contributed by atoms with van der Waals surface area (Å²) in [6, 6.07) is 7.04. The number of carbonyl (C=O) groups excluding carboxylic acids is 5. The molecule has 8 heterocycles. The third-order valence-corrected chi connectivity index (χ3v) is 10.5. The fraction of sp³-hybridized carbons (Fsp3) is 0.342. The van der Waals surface area contributed by atoms with E-state index in [9.17, 15) is 29.1 Å². The lowest BCUT2D eigenvalue weighted by atomic mass is 10.0. The number of oxazole rings is 2. The molecule has 3 N–H and O–H groups in total. The Morgan fingerprint density at radius 2 is 1.82 bits per heavy atom. The number of imide groups is 2. The number of aromatic nitrogens is 4. The number of benzene rings is 1. The van der Waals surface area contributed by atoms with Gasteiger partial charge in [-0.05, 0) is 49.6 Å². The number of amides is 5. The number of piperazine rings is 1. The molecular weight excluding hydrogens is 743 g/mol. The van der Waals surface area contributed by atoms with Crippen molar-refractivity contribution in [2.45, 2.75) is 44.9 Å². The molecule has 0 bridgehead atoms. The second kappa shape index (κ2) is 14.2. The lowest BCUT2D eigenvalue weighted by Gasteiger charge is -2.33. The summed E-state index contributed by atoms with van der Waals surface area (Å²) in [6.45, 7) is 4.99. The molecule has 0 aliphatic carbocycles. The maximum absolute atomic E-state index is 15.4. The van der Waals surface area contributed by atoms with Crippen molar-refractivity contribution >= 4 is 58.3 Å². The van der Waals surface area contributed by atoms with Gasteiger partial charge in [0.25, 0.3) is 23.7 Å². The Hall–Kier alpha value is -6.60. The van der Waals surface area contributed by atoms with Gasteiger partial charge in [-0.1, -0.05) is 0 Å². The monoisotopic (exact) mass is 778 g/mol. The van der Waals surface area contributed by atoms with Crippen LogP contribution in [0.25, 0.3) is 22.7 Å². The van der Waals surface area contributed by atoms with E-state index in [-0.39, 0.29) is 42.1 Å². The summed E-state index contributed by atoms with van der Waals surface area (Å²) >= 11 is 0. The molecule has 3 fully saturated rings. The van der Waals surface area contributed by atoms with Crippen LogP contribution in [0.3, 0.4) is 0 Å². The van der Waals surface area contributed by atoms with Gasteiger partial charge in [0.15, 0.2) is 17.1 Å². The molecule has 0 spiro atoms. The zero-order valence-electron chi connectivity index (χ0n) is 30.5. The quantitative estimate of drug-likeness (QED) is 0.192. The molecule has 5 aromatic rings. The number of halogens is 1. The van der Waals surface area contributed by atoms with E-state index in [0.29, 0.717) is 85.6 Å². The molecule has 2 atom stereocenters. The van der Waals surface area contributed by atoms with Crippen LogP contribution in [0.15, 0.2) is 51.6 Å². The van der Waals surface area contributed by atoms with Gasteiger partial charge in [-0.3, -0.25) is 44.1 Å². The van der Waals surface area contributed by atoms with Crippen LogP contribution >= 0.6 is 0 Å². The summed E-state index contributed by atoms with van der Waals surface area (Å²) < 4.78 is 27.1. The Bertz CT molecular complexity index is 2490. The van der Waals surface area contributed by atoms with Crippen molar-refractivity contribution in [3.8, 4) is 11.5 Å². The Kier molecular flexibility index (Phi) is 8.96. The van der Waals surface area contributed by atoms with E-state index >= 15 is 4.39 Å².